The fourth-order valence-corrected chi connectivity index (χ4v) is 2.99. The Kier molecular flexibility index (Phi) is 3.85. The summed E-state index contributed by atoms with van der Waals surface area (Å²) in [5.74, 6) is 0. The zero-order valence-electron chi connectivity index (χ0n) is 11.2. The highest BCUT2D eigenvalue weighted by Crippen LogP contribution is 2.23. The molecule has 2 aromatic heterocycles. The van der Waals surface area contributed by atoms with E-state index in [1.807, 2.05) is 18.3 Å². The van der Waals surface area contributed by atoms with Gasteiger partial charge in [0.05, 0.1) is 0 Å². The number of hydrogen-bond acceptors (Lipinski definition) is 2. The predicted molar refractivity (Wildman–Crippen MR) is 85.5 cm³/mol. The molecule has 0 radical (unpaired) electrons. The second-order valence-corrected chi connectivity index (χ2v) is 5.69. The van der Waals surface area contributed by atoms with E-state index in [0.717, 1.165) is 16.7 Å². The monoisotopic (exact) mass is 329 g/mol. The van der Waals surface area contributed by atoms with E-state index in [1.54, 1.807) is 6.20 Å². The van der Waals surface area contributed by atoms with Crippen LogP contribution >= 0.6 is 15.9 Å². The van der Waals surface area contributed by atoms with Gasteiger partial charge in [0.1, 0.15) is 5.65 Å². The quantitative estimate of drug-likeness (QED) is 0.753. The van der Waals surface area contributed by atoms with E-state index >= 15 is 0 Å². The Morgan fingerprint density at radius 3 is 2.95 bits per heavy atom. The van der Waals surface area contributed by atoms with Gasteiger partial charge in [0.25, 0.3) is 0 Å². The van der Waals surface area contributed by atoms with E-state index in [9.17, 15) is 0 Å². The highest BCUT2D eigenvalue weighted by atomic mass is 79.9. The van der Waals surface area contributed by atoms with Crippen LogP contribution in [0.2, 0.25) is 0 Å². The lowest BCUT2D eigenvalue weighted by Gasteiger charge is -2.15. The molecule has 3 aromatic rings. The van der Waals surface area contributed by atoms with Crippen LogP contribution in [-0.2, 0) is 6.54 Å². The SMILES string of the molecule is C[C@@H](NCc1c[nH]c2ncccc12)c1ccccc1Br. The highest BCUT2D eigenvalue weighted by Gasteiger charge is 2.09. The van der Waals surface area contributed by atoms with Gasteiger partial charge in [-0.3, -0.25) is 0 Å². The van der Waals surface area contributed by atoms with Crippen molar-refractivity contribution in [3.8, 4) is 0 Å². The standard InChI is InChI=1S/C16H16BrN3/c1-11(13-5-2-3-7-15(13)17)19-9-12-10-20-16-14(12)6-4-8-18-16/h2-8,10-11,19H,9H2,1H3,(H,18,20)/t11-/m1/s1. The zero-order chi connectivity index (χ0) is 13.9. The van der Waals surface area contributed by atoms with Gasteiger partial charge < -0.3 is 10.3 Å². The molecule has 0 spiro atoms. The van der Waals surface area contributed by atoms with Gasteiger partial charge in [0, 0.05) is 34.8 Å². The fraction of sp³-hybridized carbons (Fsp3) is 0.188. The number of pyridine rings is 1. The fourth-order valence-electron chi connectivity index (χ4n) is 2.36. The minimum Gasteiger partial charge on any atom is -0.346 e. The molecule has 2 heterocycles. The van der Waals surface area contributed by atoms with Crippen LogP contribution in [0.1, 0.15) is 24.1 Å². The number of nitrogens with zero attached hydrogens (tertiary/aromatic N) is 1. The summed E-state index contributed by atoms with van der Waals surface area (Å²) in [6.07, 6.45) is 3.83. The van der Waals surface area contributed by atoms with Gasteiger partial charge in [0.15, 0.2) is 0 Å². The lowest BCUT2D eigenvalue weighted by molar-refractivity contribution is 0.574. The maximum Gasteiger partial charge on any atom is 0.137 e. The maximum absolute atomic E-state index is 4.31. The Morgan fingerprint density at radius 1 is 1.25 bits per heavy atom. The lowest BCUT2D eigenvalue weighted by Crippen LogP contribution is -2.18. The van der Waals surface area contributed by atoms with Gasteiger partial charge in [0.2, 0.25) is 0 Å². The van der Waals surface area contributed by atoms with Gasteiger partial charge in [-0.05, 0) is 36.2 Å². The van der Waals surface area contributed by atoms with Gasteiger partial charge in [-0.25, -0.2) is 4.98 Å². The molecule has 0 saturated heterocycles. The van der Waals surface area contributed by atoms with Crippen LogP contribution < -0.4 is 5.32 Å². The van der Waals surface area contributed by atoms with Crippen molar-refractivity contribution in [2.75, 3.05) is 0 Å². The van der Waals surface area contributed by atoms with Crippen LogP contribution in [0.5, 0.6) is 0 Å². The maximum atomic E-state index is 4.31. The number of nitrogens with one attached hydrogen (secondary N) is 2. The van der Waals surface area contributed by atoms with Crippen molar-refractivity contribution >= 4 is 27.0 Å². The molecule has 3 rings (SSSR count). The van der Waals surface area contributed by atoms with Crippen molar-refractivity contribution < 1.29 is 0 Å². The van der Waals surface area contributed by atoms with Crippen LogP contribution in [0.3, 0.4) is 0 Å². The van der Waals surface area contributed by atoms with Crippen LogP contribution in [-0.4, -0.2) is 9.97 Å². The molecule has 2 N–H and O–H groups in total. The molecule has 0 unspecified atom stereocenters. The lowest BCUT2D eigenvalue weighted by atomic mass is 10.1. The molecule has 1 atom stereocenters. The van der Waals surface area contributed by atoms with Crippen LogP contribution in [0.25, 0.3) is 11.0 Å². The summed E-state index contributed by atoms with van der Waals surface area (Å²) >= 11 is 3.60. The third kappa shape index (κ3) is 2.62. The van der Waals surface area contributed by atoms with Gasteiger partial charge in [-0.1, -0.05) is 34.1 Å². The highest BCUT2D eigenvalue weighted by molar-refractivity contribution is 9.10. The van der Waals surface area contributed by atoms with Gasteiger partial charge in [-0.15, -0.1) is 0 Å². The second-order valence-electron chi connectivity index (χ2n) is 4.84. The van der Waals surface area contributed by atoms with Crippen LogP contribution in [0.15, 0.2) is 53.3 Å². The van der Waals surface area contributed by atoms with Crippen LogP contribution in [0, 0.1) is 0 Å². The third-order valence-electron chi connectivity index (χ3n) is 3.51. The summed E-state index contributed by atoms with van der Waals surface area (Å²) in [6, 6.07) is 12.7. The summed E-state index contributed by atoms with van der Waals surface area (Å²) < 4.78 is 1.14. The Morgan fingerprint density at radius 2 is 2.10 bits per heavy atom. The Labute approximate surface area is 126 Å². The van der Waals surface area contributed by atoms with Crippen molar-refractivity contribution in [3.05, 3.63) is 64.4 Å². The molecule has 0 amide bonds. The van der Waals surface area contributed by atoms with Gasteiger partial charge in [-0.2, -0.15) is 0 Å². The van der Waals surface area contributed by atoms with E-state index < -0.39 is 0 Å². The van der Waals surface area contributed by atoms with Crippen molar-refractivity contribution in [2.45, 2.75) is 19.5 Å². The average molecular weight is 330 g/mol. The smallest absolute Gasteiger partial charge is 0.137 e. The van der Waals surface area contributed by atoms with E-state index in [4.69, 9.17) is 0 Å². The number of hydrogen-bond donors (Lipinski definition) is 2. The second kappa shape index (κ2) is 5.77. The molecular weight excluding hydrogens is 314 g/mol. The number of aromatic nitrogens is 2. The van der Waals surface area contributed by atoms with E-state index in [1.165, 1.54) is 16.5 Å². The first kappa shape index (κ1) is 13.3. The summed E-state index contributed by atoms with van der Waals surface area (Å²) in [4.78, 5) is 7.51. The summed E-state index contributed by atoms with van der Waals surface area (Å²) in [5, 5.41) is 4.74. The first-order chi connectivity index (χ1) is 9.75. The van der Waals surface area contributed by atoms with E-state index in [0.29, 0.717) is 0 Å². The molecule has 20 heavy (non-hydrogen) atoms. The molecule has 102 valence electrons. The van der Waals surface area contributed by atoms with Crippen LogP contribution in [0.4, 0.5) is 0 Å². The largest absolute Gasteiger partial charge is 0.346 e. The van der Waals surface area contributed by atoms with Crippen molar-refractivity contribution in [3.63, 3.8) is 0 Å². The molecule has 0 aliphatic heterocycles. The van der Waals surface area contributed by atoms with E-state index in [2.05, 4.69) is 62.4 Å². The minimum absolute atomic E-state index is 0.284. The molecule has 0 aliphatic rings. The molecular formula is C16H16BrN3. The Hall–Kier alpha value is -1.65. The first-order valence-electron chi connectivity index (χ1n) is 6.64. The molecule has 0 bridgehead atoms. The van der Waals surface area contributed by atoms with Crippen molar-refractivity contribution in [2.24, 2.45) is 0 Å². The third-order valence-corrected chi connectivity index (χ3v) is 4.23. The minimum atomic E-state index is 0.284. The zero-order valence-corrected chi connectivity index (χ0v) is 12.8. The number of rotatable bonds is 4. The molecule has 1 aromatic carbocycles. The average Bonchev–Trinajstić information content (AvgIpc) is 2.88. The molecule has 0 aliphatic carbocycles. The van der Waals surface area contributed by atoms with E-state index in [-0.39, 0.29) is 6.04 Å². The number of H-pyrrole nitrogens is 1. The topological polar surface area (TPSA) is 40.7 Å². The summed E-state index contributed by atoms with van der Waals surface area (Å²) in [7, 11) is 0. The number of halogens is 1. The number of benzene rings is 1. The molecule has 0 saturated carbocycles. The normalized spacial score (nSPS) is 12.7. The Bertz CT molecular complexity index is 720. The Balaban J connectivity index is 1.75. The van der Waals surface area contributed by atoms with Crippen molar-refractivity contribution in [1.82, 2.24) is 15.3 Å². The predicted octanol–water partition coefficient (Wildman–Crippen LogP) is 4.18. The summed E-state index contributed by atoms with van der Waals surface area (Å²) in [5.41, 5.74) is 3.45. The van der Waals surface area contributed by atoms with Crippen molar-refractivity contribution in [1.29, 1.82) is 0 Å². The molecule has 4 heteroatoms. The molecule has 3 nitrogen and oxygen atoms in total. The number of fused-ring (bicyclic) bond motifs is 1. The number of aromatic amines is 1. The summed E-state index contributed by atoms with van der Waals surface area (Å²) in [6.45, 7) is 2.99. The first-order valence-corrected chi connectivity index (χ1v) is 7.44. The van der Waals surface area contributed by atoms with Gasteiger partial charge >= 0.3 is 0 Å². The molecule has 0 fully saturated rings.